The zero-order chi connectivity index (χ0) is 9.14. The molecule has 4 nitrogen and oxygen atoms in total. The first kappa shape index (κ1) is 8.77. The summed E-state index contributed by atoms with van der Waals surface area (Å²) in [5.74, 6) is -0.897. The van der Waals surface area contributed by atoms with Crippen molar-refractivity contribution in [3.05, 3.63) is 17.5 Å². The lowest BCUT2D eigenvalue weighted by molar-refractivity contribution is 0.0695. The minimum Gasteiger partial charge on any atom is -0.478 e. The lowest BCUT2D eigenvalue weighted by Crippen LogP contribution is -2.05. The molecule has 0 radical (unpaired) electrons. The van der Waals surface area contributed by atoms with E-state index in [1.165, 1.54) is 6.20 Å². The van der Waals surface area contributed by atoms with Gasteiger partial charge in [-0.15, -0.1) is 0 Å². The Morgan fingerprint density at radius 2 is 2.33 bits per heavy atom. The second-order valence-corrected chi connectivity index (χ2v) is 2.48. The van der Waals surface area contributed by atoms with Gasteiger partial charge in [0.1, 0.15) is 5.56 Å². The summed E-state index contributed by atoms with van der Waals surface area (Å²) in [4.78, 5) is 10.7. The standard InChI is InChI=1S/C8H12N2O2/c1-3-7-6(8(11)12)5-9-10(7)4-2/h5H,3-4H2,1-2H3,(H,11,12). The second-order valence-electron chi connectivity index (χ2n) is 2.48. The molecular weight excluding hydrogens is 156 g/mol. The summed E-state index contributed by atoms with van der Waals surface area (Å²) in [5, 5.41) is 12.7. The highest BCUT2D eigenvalue weighted by Gasteiger charge is 2.13. The van der Waals surface area contributed by atoms with Crippen molar-refractivity contribution in [1.82, 2.24) is 9.78 Å². The molecule has 0 bridgehead atoms. The molecule has 0 spiro atoms. The van der Waals surface area contributed by atoms with Gasteiger partial charge in [-0.25, -0.2) is 4.79 Å². The third-order valence-electron chi connectivity index (χ3n) is 1.81. The molecule has 66 valence electrons. The quantitative estimate of drug-likeness (QED) is 0.736. The summed E-state index contributed by atoms with van der Waals surface area (Å²) < 4.78 is 1.71. The van der Waals surface area contributed by atoms with Gasteiger partial charge >= 0.3 is 5.97 Å². The highest BCUT2D eigenvalue weighted by molar-refractivity contribution is 5.88. The molecule has 1 aromatic rings. The van der Waals surface area contributed by atoms with Crippen LogP contribution in [0, 0.1) is 0 Å². The number of carboxylic acids is 1. The van der Waals surface area contributed by atoms with E-state index in [0.29, 0.717) is 12.0 Å². The molecule has 4 heteroatoms. The van der Waals surface area contributed by atoms with Crippen LogP contribution in [0.3, 0.4) is 0 Å². The van der Waals surface area contributed by atoms with Crippen LogP contribution in [-0.2, 0) is 13.0 Å². The largest absolute Gasteiger partial charge is 0.478 e. The van der Waals surface area contributed by atoms with E-state index in [-0.39, 0.29) is 0 Å². The number of aromatic carboxylic acids is 1. The van der Waals surface area contributed by atoms with Crippen LogP contribution in [0.2, 0.25) is 0 Å². The Bertz CT molecular complexity index is 291. The number of aryl methyl sites for hydroxylation is 1. The minimum atomic E-state index is -0.897. The fraction of sp³-hybridized carbons (Fsp3) is 0.500. The normalized spacial score (nSPS) is 10.2. The molecule has 0 aliphatic carbocycles. The number of aromatic nitrogens is 2. The van der Waals surface area contributed by atoms with Crippen molar-refractivity contribution in [2.45, 2.75) is 26.8 Å². The Hall–Kier alpha value is -1.32. The van der Waals surface area contributed by atoms with Crippen molar-refractivity contribution >= 4 is 5.97 Å². The van der Waals surface area contributed by atoms with Gasteiger partial charge in [0.15, 0.2) is 0 Å². The van der Waals surface area contributed by atoms with Crippen molar-refractivity contribution in [2.75, 3.05) is 0 Å². The predicted octanol–water partition coefficient (Wildman–Crippen LogP) is 1.16. The first-order valence-electron chi connectivity index (χ1n) is 3.98. The van der Waals surface area contributed by atoms with Crippen molar-refractivity contribution in [2.24, 2.45) is 0 Å². The van der Waals surface area contributed by atoms with Crippen LogP contribution in [0.1, 0.15) is 29.9 Å². The molecule has 0 atom stereocenters. The van der Waals surface area contributed by atoms with Crippen LogP contribution in [0.5, 0.6) is 0 Å². The second kappa shape index (κ2) is 3.38. The molecule has 1 N–H and O–H groups in total. The Balaban J connectivity index is 3.13. The third-order valence-corrected chi connectivity index (χ3v) is 1.81. The third kappa shape index (κ3) is 1.32. The number of hydrogen-bond donors (Lipinski definition) is 1. The van der Waals surface area contributed by atoms with Crippen LogP contribution < -0.4 is 0 Å². The number of rotatable bonds is 3. The van der Waals surface area contributed by atoms with Crippen LogP contribution >= 0.6 is 0 Å². The maximum atomic E-state index is 10.7. The molecule has 0 aliphatic heterocycles. The molecule has 0 aliphatic rings. The summed E-state index contributed by atoms with van der Waals surface area (Å²) in [6, 6.07) is 0. The van der Waals surface area contributed by atoms with E-state index in [1.807, 2.05) is 13.8 Å². The summed E-state index contributed by atoms with van der Waals surface area (Å²) in [6.45, 7) is 4.59. The van der Waals surface area contributed by atoms with Gasteiger partial charge in [-0.2, -0.15) is 5.10 Å². The highest BCUT2D eigenvalue weighted by atomic mass is 16.4. The number of carboxylic acid groups (broad SMARTS) is 1. The van der Waals surface area contributed by atoms with Crippen molar-refractivity contribution in [3.8, 4) is 0 Å². The van der Waals surface area contributed by atoms with Gasteiger partial charge in [0.2, 0.25) is 0 Å². The van der Waals surface area contributed by atoms with E-state index in [2.05, 4.69) is 5.10 Å². The lowest BCUT2D eigenvalue weighted by atomic mass is 10.2. The number of nitrogens with zero attached hydrogens (tertiary/aromatic N) is 2. The van der Waals surface area contributed by atoms with E-state index in [0.717, 1.165) is 12.2 Å². The Morgan fingerprint density at radius 3 is 2.75 bits per heavy atom. The molecule has 0 fully saturated rings. The molecular formula is C8H12N2O2. The maximum absolute atomic E-state index is 10.7. The molecule has 0 saturated carbocycles. The van der Waals surface area contributed by atoms with Gasteiger partial charge < -0.3 is 5.11 Å². The van der Waals surface area contributed by atoms with E-state index in [9.17, 15) is 4.79 Å². The number of carbonyl (C=O) groups is 1. The van der Waals surface area contributed by atoms with Gasteiger partial charge in [0, 0.05) is 6.54 Å². The Morgan fingerprint density at radius 1 is 1.67 bits per heavy atom. The van der Waals surface area contributed by atoms with E-state index in [4.69, 9.17) is 5.11 Å². The van der Waals surface area contributed by atoms with Crippen molar-refractivity contribution in [3.63, 3.8) is 0 Å². The van der Waals surface area contributed by atoms with E-state index in [1.54, 1.807) is 4.68 Å². The first-order valence-corrected chi connectivity index (χ1v) is 3.98. The summed E-state index contributed by atoms with van der Waals surface area (Å²) >= 11 is 0. The zero-order valence-corrected chi connectivity index (χ0v) is 7.24. The van der Waals surface area contributed by atoms with Gasteiger partial charge in [0.05, 0.1) is 11.9 Å². The van der Waals surface area contributed by atoms with Gasteiger partial charge in [0.25, 0.3) is 0 Å². The van der Waals surface area contributed by atoms with Crippen LogP contribution in [0.15, 0.2) is 6.20 Å². The van der Waals surface area contributed by atoms with Crippen LogP contribution in [0.25, 0.3) is 0 Å². The predicted molar refractivity (Wildman–Crippen MR) is 44.2 cm³/mol. The maximum Gasteiger partial charge on any atom is 0.339 e. The van der Waals surface area contributed by atoms with Gasteiger partial charge in [-0.3, -0.25) is 4.68 Å². The minimum absolute atomic E-state index is 0.319. The molecule has 0 aromatic carbocycles. The van der Waals surface area contributed by atoms with Gasteiger partial charge in [-0.05, 0) is 13.3 Å². The summed E-state index contributed by atoms with van der Waals surface area (Å²) in [6.07, 6.45) is 2.11. The smallest absolute Gasteiger partial charge is 0.339 e. The summed E-state index contributed by atoms with van der Waals surface area (Å²) in [5.41, 5.74) is 1.12. The van der Waals surface area contributed by atoms with Crippen molar-refractivity contribution in [1.29, 1.82) is 0 Å². The fourth-order valence-electron chi connectivity index (χ4n) is 1.23. The molecule has 0 saturated heterocycles. The van der Waals surface area contributed by atoms with Crippen molar-refractivity contribution < 1.29 is 9.90 Å². The molecule has 0 unspecified atom stereocenters. The lowest BCUT2D eigenvalue weighted by Gasteiger charge is -2.01. The highest BCUT2D eigenvalue weighted by Crippen LogP contribution is 2.08. The van der Waals surface area contributed by atoms with Crippen LogP contribution in [-0.4, -0.2) is 20.9 Å². The SMILES string of the molecule is CCc1c(C(=O)O)cnn1CC. The molecule has 1 heterocycles. The molecule has 0 amide bonds. The average Bonchev–Trinajstić information content (AvgIpc) is 2.46. The van der Waals surface area contributed by atoms with E-state index >= 15 is 0 Å². The first-order chi connectivity index (χ1) is 5.70. The monoisotopic (exact) mass is 168 g/mol. The topological polar surface area (TPSA) is 55.1 Å². The van der Waals surface area contributed by atoms with E-state index < -0.39 is 5.97 Å². The fourth-order valence-corrected chi connectivity index (χ4v) is 1.23. The molecule has 1 aromatic heterocycles. The average molecular weight is 168 g/mol. The van der Waals surface area contributed by atoms with Gasteiger partial charge in [-0.1, -0.05) is 6.92 Å². The number of hydrogen-bond acceptors (Lipinski definition) is 2. The zero-order valence-electron chi connectivity index (χ0n) is 7.24. The Kier molecular flexibility index (Phi) is 2.47. The summed E-state index contributed by atoms with van der Waals surface area (Å²) in [7, 11) is 0. The van der Waals surface area contributed by atoms with Crippen LogP contribution in [0.4, 0.5) is 0 Å². The Labute approximate surface area is 70.8 Å². The molecule has 1 rings (SSSR count). The molecule has 12 heavy (non-hydrogen) atoms.